The maximum atomic E-state index is 11.1. The van der Waals surface area contributed by atoms with Crippen molar-refractivity contribution in [3.8, 4) is 0 Å². The van der Waals surface area contributed by atoms with E-state index in [-0.39, 0.29) is 19.1 Å². The Hall–Kier alpha value is -1.61. The monoisotopic (exact) mass is 205 g/mol. The van der Waals surface area contributed by atoms with Crippen LogP contribution in [0.1, 0.15) is 11.1 Å². The van der Waals surface area contributed by atoms with Crippen LogP contribution in [-0.4, -0.2) is 24.2 Å². The summed E-state index contributed by atoms with van der Waals surface area (Å²) in [6.45, 7) is 2.27. The van der Waals surface area contributed by atoms with Crippen LogP contribution in [0.2, 0.25) is 0 Å². The van der Waals surface area contributed by atoms with E-state index in [2.05, 4.69) is 5.32 Å². The topological polar surface area (TPSA) is 49.3 Å². The lowest BCUT2D eigenvalue weighted by molar-refractivity contribution is -0.116. The van der Waals surface area contributed by atoms with Crippen LogP contribution in [0.4, 0.5) is 0 Å². The smallest absolute Gasteiger partial charge is 0.244 e. The van der Waals surface area contributed by atoms with Crippen LogP contribution < -0.4 is 5.32 Å². The lowest BCUT2D eigenvalue weighted by atomic mass is 10.1. The normalized spacial score (nSPS) is 10.5. The summed E-state index contributed by atoms with van der Waals surface area (Å²) in [5, 5.41) is 11.0. The van der Waals surface area contributed by atoms with E-state index in [0.29, 0.717) is 0 Å². The van der Waals surface area contributed by atoms with Gasteiger partial charge in [-0.25, -0.2) is 0 Å². The van der Waals surface area contributed by atoms with Gasteiger partial charge in [0.15, 0.2) is 0 Å². The Morgan fingerprint density at radius 2 is 2.07 bits per heavy atom. The second kappa shape index (κ2) is 5.98. The van der Waals surface area contributed by atoms with E-state index in [9.17, 15) is 4.79 Å². The predicted octanol–water partition coefficient (Wildman–Crippen LogP) is 1.12. The van der Waals surface area contributed by atoms with E-state index < -0.39 is 0 Å². The Kier molecular flexibility index (Phi) is 4.57. The van der Waals surface area contributed by atoms with Crippen LogP contribution in [0.3, 0.4) is 0 Å². The summed E-state index contributed by atoms with van der Waals surface area (Å²) in [4.78, 5) is 11.1. The Morgan fingerprint density at radius 3 is 2.67 bits per heavy atom. The zero-order chi connectivity index (χ0) is 11.1. The van der Waals surface area contributed by atoms with E-state index in [1.54, 1.807) is 6.08 Å². The third kappa shape index (κ3) is 4.42. The number of amides is 1. The average molecular weight is 205 g/mol. The Balaban J connectivity index is 2.50. The van der Waals surface area contributed by atoms with E-state index in [0.717, 1.165) is 5.56 Å². The van der Waals surface area contributed by atoms with Gasteiger partial charge >= 0.3 is 0 Å². The molecule has 1 amide bonds. The van der Waals surface area contributed by atoms with E-state index in [4.69, 9.17) is 5.11 Å². The minimum absolute atomic E-state index is 0.0376. The van der Waals surface area contributed by atoms with Crippen LogP contribution in [0.15, 0.2) is 30.3 Å². The second-order valence-electron chi connectivity index (χ2n) is 3.26. The highest BCUT2D eigenvalue weighted by Crippen LogP contribution is 2.04. The van der Waals surface area contributed by atoms with Gasteiger partial charge in [-0.1, -0.05) is 29.8 Å². The van der Waals surface area contributed by atoms with Crippen molar-refractivity contribution in [1.82, 2.24) is 5.32 Å². The van der Waals surface area contributed by atoms with Gasteiger partial charge < -0.3 is 10.4 Å². The van der Waals surface area contributed by atoms with E-state index in [1.807, 2.05) is 31.2 Å². The molecule has 3 heteroatoms. The molecule has 0 heterocycles. The molecule has 1 rings (SSSR count). The van der Waals surface area contributed by atoms with Gasteiger partial charge in [0.2, 0.25) is 5.91 Å². The van der Waals surface area contributed by atoms with Gasteiger partial charge in [-0.15, -0.1) is 0 Å². The van der Waals surface area contributed by atoms with Crippen LogP contribution in [-0.2, 0) is 4.79 Å². The van der Waals surface area contributed by atoms with Crippen molar-refractivity contribution in [2.24, 2.45) is 0 Å². The fraction of sp³-hybridized carbons (Fsp3) is 0.250. The van der Waals surface area contributed by atoms with Gasteiger partial charge in [-0.3, -0.25) is 4.79 Å². The lowest BCUT2D eigenvalue weighted by Crippen LogP contribution is -2.24. The van der Waals surface area contributed by atoms with E-state index >= 15 is 0 Å². The molecule has 0 saturated heterocycles. The number of benzene rings is 1. The summed E-state index contributed by atoms with van der Waals surface area (Å²) in [6.07, 6.45) is 3.20. The molecule has 0 saturated carbocycles. The first kappa shape index (κ1) is 11.5. The zero-order valence-electron chi connectivity index (χ0n) is 8.73. The summed E-state index contributed by atoms with van der Waals surface area (Å²) in [5.74, 6) is -0.190. The summed E-state index contributed by atoms with van der Waals surface area (Å²) < 4.78 is 0. The number of aliphatic hydroxyl groups excluding tert-OH is 1. The van der Waals surface area contributed by atoms with Crippen molar-refractivity contribution in [2.45, 2.75) is 6.92 Å². The van der Waals surface area contributed by atoms with Gasteiger partial charge in [0.1, 0.15) is 0 Å². The fourth-order valence-electron chi connectivity index (χ4n) is 1.09. The largest absolute Gasteiger partial charge is 0.395 e. The van der Waals surface area contributed by atoms with Gasteiger partial charge in [-0.2, -0.15) is 0 Å². The second-order valence-corrected chi connectivity index (χ2v) is 3.26. The molecule has 0 radical (unpaired) electrons. The van der Waals surface area contributed by atoms with Gasteiger partial charge in [0.25, 0.3) is 0 Å². The first-order valence-corrected chi connectivity index (χ1v) is 4.86. The number of hydrogen-bond acceptors (Lipinski definition) is 2. The van der Waals surface area contributed by atoms with Crippen LogP contribution in [0.25, 0.3) is 6.08 Å². The molecule has 0 spiro atoms. The standard InChI is InChI=1S/C12H15NO2/c1-10-2-4-11(5-3-10)6-7-12(15)13-8-9-14/h2-7,14H,8-9H2,1H3,(H,13,15). The molecule has 1 aromatic carbocycles. The maximum absolute atomic E-state index is 11.1. The highest BCUT2D eigenvalue weighted by atomic mass is 16.3. The molecular formula is C12H15NO2. The highest BCUT2D eigenvalue weighted by molar-refractivity contribution is 5.91. The molecule has 0 aliphatic rings. The quantitative estimate of drug-likeness (QED) is 0.724. The molecule has 0 aromatic heterocycles. The van der Waals surface area contributed by atoms with Crippen molar-refractivity contribution >= 4 is 12.0 Å². The minimum Gasteiger partial charge on any atom is -0.395 e. The third-order valence-corrected chi connectivity index (χ3v) is 1.92. The van der Waals surface area contributed by atoms with Crippen LogP contribution in [0.5, 0.6) is 0 Å². The maximum Gasteiger partial charge on any atom is 0.244 e. The minimum atomic E-state index is -0.190. The summed E-state index contributed by atoms with van der Waals surface area (Å²) in [5.41, 5.74) is 2.18. The number of rotatable bonds is 4. The molecule has 0 aliphatic carbocycles. The summed E-state index contributed by atoms with van der Waals surface area (Å²) in [6, 6.07) is 7.88. The van der Waals surface area contributed by atoms with Gasteiger partial charge in [-0.05, 0) is 18.6 Å². The summed E-state index contributed by atoms with van der Waals surface area (Å²) in [7, 11) is 0. The molecule has 0 aliphatic heterocycles. The number of carbonyl (C=O) groups excluding carboxylic acids is 1. The lowest BCUT2D eigenvalue weighted by Gasteiger charge is -1.97. The Bertz CT molecular complexity index is 341. The molecule has 0 unspecified atom stereocenters. The molecule has 1 aromatic rings. The van der Waals surface area contributed by atoms with Crippen molar-refractivity contribution in [2.75, 3.05) is 13.2 Å². The number of hydrogen-bond donors (Lipinski definition) is 2. The zero-order valence-corrected chi connectivity index (χ0v) is 8.73. The molecular weight excluding hydrogens is 190 g/mol. The van der Waals surface area contributed by atoms with Crippen molar-refractivity contribution in [3.05, 3.63) is 41.5 Å². The number of nitrogens with one attached hydrogen (secondary N) is 1. The Labute approximate surface area is 89.4 Å². The number of carbonyl (C=O) groups is 1. The first-order valence-electron chi connectivity index (χ1n) is 4.86. The Morgan fingerprint density at radius 1 is 1.40 bits per heavy atom. The van der Waals surface area contributed by atoms with Crippen molar-refractivity contribution < 1.29 is 9.90 Å². The predicted molar refractivity (Wildman–Crippen MR) is 60.3 cm³/mol. The van der Waals surface area contributed by atoms with E-state index in [1.165, 1.54) is 11.6 Å². The molecule has 0 bridgehead atoms. The van der Waals surface area contributed by atoms with Gasteiger partial charge in [0.05, 0.1) is 6.61 Å². The third-order valence-electron chi connectivity index (χ3n) is 1.92. The van der Waals surface area contributed by atoms with Crippen molar-refractivity contribution in [3.63, 3.8) is 0 Å². The SMILES string of the molecule is Cc1ccc(C=CC(=O)NCCO)cc1. The number of aliphatic hydroxyl groups is 1. The van der Waals surface area contributed by atoms with Crippen LogP contribution >= 0.6 is 0 Å². The van der Waals surface area contributed by atoms with Gasteiger partial charge in [0, 0.05) is 12.6 Å². The molecule has 2 N–H and O–H groups in total. The molecule has 0 atom stereocenters. The molecule has 80 valence electrons. The summed E-state index contributed by atoms with van der Waals surface area (Å²) >= 11 is 0. The van der Waals surface area contributed by atoms with Crippen molar-refractivity contribution in [1.29, 1.82) is 0 Å². The molecule has 3 nitrogen and oxygen atoms in total. The number of aryl methyl sites for hydroxylation is 1. The molecule has 15 heavy (non-hydrogen) atoms. The van der Waals surface area contributed by atoms with Crippen LogP contribution in [0, 0.1) is 6.92 Å². The fourth-order valence-corrected chi connectivity index (χ4v) is 1.09. The highest BCUT2D eigenvalue weighted by Gasteiger charge is 1.92. The molecule has 0 fully saturated rings. The first-order chi connectivity index (χ1) is 7.22. The average Bonchev–Trinajstić information content (AvgIpc) is 2.25.